The number of carbonyl (C=O) groups excluding carboxylic acids is 1. The van der Waals surface area contributed by atoms with Crippen molar-refractivity contribution in [3.8, 4) is 12.1 Å². The van der Waals surface area contributed by atoms with Crippen molar-refractivity contribution >= 4 is 17.6 Å². The topological polar surface area (TPSA) is 140 Å². The number of hydrogen-bond donors (Lipinski definition) is 2. The lowest BCUT2D eigenvalue weighted by atomic mass is 10.1. The second-order valence-corrected chi connectivity index (χ2v) is 3.82. The number of aromatic nitrogens is 1. The quantitative estimate of drug-likeness (QED) is 0.865. The van der Waals surface area contributed by atoms with Crippen LogP contribution in [0.25, 0.3) is 0 Å². The van der Waals surface area contributed by atoms with Crippen LogP contribution in [-0.2, 0) is 0 Å². The number of nitriles is 2. The monoisotopic (exact) mass is 282 g/mol. The van der Waals surface area contributed by atoms with Gasteiger partial charge in [0.1, 0.15) is 12.1 Å². The summed E-state index contributed by atoms with van der Waals surface area (Å²) in [7, 11) is 0. The molecule has 0 aliphatic rings. The average Bonchev–Trinajstić information content (AvgIpc) is 2.97. The minimum atomic E-state index is -1.34. The smallest absolute Gasteiger partial charge is 0.374 e. The second-order valence-electron chi connectivity index (χ2n) is 3.82. The van der Waals surface area contributed by atoms with Crippen LogP contribution in [0.1, 0.15) is 32.2 Å². The van der Waals surface area contributed by atoms with Crippen molar-refractivity contribution in [1.82, 2.24) is 5.16 Å². The van der Waals surface area contributed by atoms with Gasteiger partial charge >= 0.3 is 5.97 Å². The SMILES string of the molecule is N#Cc1ccc(NC(=O)c2cc(C(=O)O)on2)cc1C#N. The summed E-state index contributed by atoms with van der Waals surface area (Å²) < 4.78 is 4.46. The predicted octanol–water partition coefficient (Wildman–Crippen LogP) is 1.37. The molecule has 0 aliphatic heterocycles. The number of rotatable bonds is 3. The standard InChI is InChI=1S/C13H6N4O4/c14-5-7-1-2-9(3-8(7)6-15)16-12(18)10-4-11(13(19)20)21-17-10/h1-4H,(H,16,18)(H,19,20). The Bertz CT molecular complexity index is 810. The van der Waals surface area contributed by atoms with Gasteiger partial charge in [0.15, 0.2) is 5.69 Å². The van der Waals surface area contributed by atoms with E-state index in [0.29, 0.717) is 0 Å². The van der Waals surface area contributed by atoms with Gasteiger partial charge in [0.2, 0.25) is 5.76 Å². The number of carboxylic acid groups (broad SMARTS) is 1. The first-order valence-electron chi connectivity index (χ1n) is 5.50. The molecule has 8 heteroatoms. The Morgan fingerprint density at radius 1 is 1.19 bits per heavy atom. The number of aromatic carboxylic acids is 1. The van der Waals surface area contributed by atoms with Gasteiger partial charge in [-0.25, -0.2) is 4.79 Å². The molecule has 2 aromatic rings. The Hall–Kier alpha value is -3.65. The van der Waals surface area contributed by atoms with E-state index in [1.54, 1.807) is 0 Å². The van der Waals surface area contributed by atoms with Crippen LogP contribution in [0.3, 0.4) is 0 Å². The minimum absolute atomic E-state index is 0.113. The number of benzene rings is 1. The van der Waals surface area contributed by atoms with E-state index < -0.39 is 17.6 Å². The van der Waals surface area contributed by atoms with Gasteiger partial charge in [-0.15, -0.1) is 0 Å². The van der Waals surface area contributed by atoms with E-state index >= 15 is 0 Å². The van der Waals surface area contributed by atoms with Crippen molar-refractivity contribution in [2.45, 2.75) is 0 Å². The van der Waals surface area contributed by atoms with Gasteiger partial charge in [0.25, 0.3) is 5.91 Å². The summed E-state index contributed by atoms with van der Waals surface area (Å²) in [6.45, 7) is 0. The van der Waals surface area contributed by atoms with Gasteiger partial charge in [-0.3, -0.25) is 4.79 Å². The Labute approximate surface area is 117 Å². The summed E-state index contributed by atoms with van der Waals surface area (Å²) >= 11 is 0. The molecular weight excluding hydrogens is 276 g/mol. The minimum Gasteiger partial charge on any atom is -0.475 e. The maximum Gasteiger partial charge on any atom is 0.374 e. The second kappa shape index (κ2) is 5.55. The molecule has 0 atom stereocenters. The first-order valence-corrected chi connectivity index (χ1v) is 5.50. The van der Waals surface area contributed by atoms with Gasteiger partial charge in [-0.1, -0.05) is 5.16 Å². The van der Waals surface area contributed by atoms with E-state index in [-0.39, 0.29) is 22.5 Å². The van der Waals surface area contributed by atoms with Gasteiger partial charge in [0, 0.05) is 11.8 Å². The molecule has 21 heavy (non-hydrogen) atoms. The molecule has 1 aromatic heterocycles. The van der Waals surface area contributed by atoms with Crippen LogP contribution in [0.2, 0.25) is 0 Å². The molecule has 0 radical (unpaired) electrons. The Balaban J connectivity index is 2.22. The number of amides is 1. The fourth-order valence-electron chi connectivity index (χ4n) is 1.49. The van der Waals surface area contributed by atoms with Gasteiger partial charge in [-0.05, 0) is 18.2 Å². The van der Waals surface area contributed by atoms with E-state index in [0.717, 1.165) is 6.07 Å². The molecule has 1 heterocycles. The van der Waals surface area contributed by atoms with E-state index in [1.807, 2.05) is 12.1 Å². The highest BCUT2D eigenvalue weighted by molar-refractivity contribution is 6.03. The molecule has 1 aromatic carbocycles. The van der Waals surface area contributed by atoms with Crippen LogP contribution in [0.5, 0.6) is 0 Å². The van der Waals surface area contributed by atoms with Crippen molar-refractivity contribution in [3.63, 3.8) is 0 Å². The number of anilines is 1. The highest BCUT2D eigenvalue weighted by atomic mass is 16.5. The summed E-state index contributed by atoms with van der Waals surface area (Å²) in [4.78, 5) is 22.4. The Morgan fingerprint density at radius 2 is 1.90 bits per heavy atom. The largest absolute Gasteiger partial charge is 0.475 e. The Kier molecular flexibility index (Phi) is 3.64. The van der Waals surface area contributed by atoms with Crippen molar-refractivity contribution in [1.29, 1.82) is 10.5 Å². The lowest BCUT2D eigenvalue weighted by molar-refractivity contribution is 0.0651. The van der Waals surface area contributed by atoms with Crippen LogP contribution in [0, 0.1) is 22.7 Å². The maximum absolute atomic E-state index is 11.8. The highest BCUT2D eigenvalue weighted by Crippen LogP contribution is 2.15. The lowest BCUT2D eigenvalue weighted by Crippen LogP contribution is -2.12. The fraction of sp³-hybridized carbons (Fsp3) is 0. The summed E-state index contributed by atoms with van der Waals surface area (Å²) in [5.74, 6) is -2.50. The third-order valence-electron chi connectivity index (χ3n) is 2.47. The average molecular weight is 282 g/mol. The molecule has 0 fully saturated rings. The van der Waals surface area contributed by atoms with Crippen LogP contribution < -0.4 is 5.32 Å². The van der Waals surface area contributed by atoms with Crippen LogP contribution >= 0.6 is 0 Å². The van der Waals surface area contributed by atoms with Crippen molar-refractivity contribution in [2.24, 2.45) is 0 Å². The van der Waals surface area contributed by atoms with Crippen molar-refractivity contribution < 1.29 is 19.2 Å². The van der Waals surface area contributed by atoms with E-state index in [4.69, 9.17) is 15.6 Å². The molecule has 0 bridgehead atoms. The van der Waals surface area contributed by atoms with Crippen LogP contribution in [-0.4, -0.2) is 22.1 Å². The molecule has 2 rings (SSSR count). The predicted molar refractivity (Wildman–Crippen MR) is 67.3 cm³/mol. The van der Waals surface area contributed by atoms with E-state index in [1.165, 1.54) is 18.2 Å². The first kappa shape index (κ1) is 13.8. The summed E-state index contributed by atoms with van der Waals surface area (Å²) in [6.07, 6.45) is 0. The molecule has 0 saturated heterocycles. The zero-order valence-electron chi connectivity index (χ0n) is 10.3. The first-order chi connectivity index (χ1) is 10.0. The summed E-state index contributed by atoms with van der Waals surface area (Å²) in [6, 6.07) is 8.82. The fourth-order valence-corrected chi connectivity index (χ4v) is 1.49. The highest BCUT2D eigenvalue weighted by Gasteiger charge is 2.17. The van der Waals surface area contributed by atoms with Crippen LogP contribution in [0.4, 0.5) is 5.69 Å². The number of carboxylic acids is 1. The molecule has 102 valence electrons. The zero-order chi connectivity index (χ0) is 15.4. The number of nitrogens with zero attached hydrogens (tertiary/aromatic N) is 3. The number of hydrogen-bond acceptors (Lipinski definition) is 6. The molecule has 0 unspecified atom stereocenters. The van der Waals surface area contributed by atoms with Gasteiger partial charge in [-0.2, -0.15) is 10.5 Å². The zero-order valence-corrected chi connectivity index (χ0v) is 10.3. The van der Waals surface area contributed by atoms with Crippen LogP contribution in [0.15, 0.2) is 28.8 Å². The van der Waals surface area contributed by atoms with E-state index in [2.05, 4.69) is 15.0 Å². The van der Waals surface area contributed by atoms with Gasteiger partial charge in [0.05, 0.1) is 11.1 Å². The molecule has 0 saturated carbocycles. The third-order valence-corrected chi connectivity index (χ3v) is 2.47. The van der Waals surface area contributed by atoms with E-state index in [9.17, 15) is 9.59 Å². The number of carbonyl (C=O) groups is 2. The van der Waals surface area contributed by atoms with Crippen molar-refractivity contribution in [3.05, 3.63) is 46.8 Å². The third kappa shape index (κ3) is 2.85. The molecule has 2 N–H and O–H groups in total. The molecule has 1 amide bonds. The summed E-state index contributed by atoms with van der Waals surface area (Å²) in [5, 5.41) is 32.1. The van der Waals surface area contributed by atoms with Gasteiger partial charge < -0.3 is 14.9 Å². The Morgan fingerprint density at radius 3 is 2.48 bits per heavy atom. The number of nitrogens with one attached hydrogen (secondary N) is 1. The maximum atomic E-state index is 11.8. The normalized spacial score (nSPS) is 9.43. The molecular formula is C13H6N4O4. The summed E-state index contributed by atoms with van der Waals surface area (Å²) in [5.41, 5.74) is 0.359. The molecule has 0 spiro atoms. The molecule has 0 aliphatic carbocycles. The lowest BCUT2D eigenvalue weighted by Gasteiger charge is -2.03. The molecule has 8 nitrogen and oxygen atoms in total. The van der Waals surface area contributed by atoms with Crippen molar-refractivity contribution in [2.75, 3.05) is 5.32 Å².